The maximum Gasteiger partial charge on any atom is 0.0991 e. The van der Waals surface area contributed by atoms with Crippen molar-refractivity contribution >= 4 is 0 Å². The van der Waals surface area contributed by atoms with Crippen molar-refractivity contribution in [3.05, 3.63) is 35.4 Å². The molecule has 0 amide bonds. The molecule has 2 heteroatoms. The summed E-state index contributed by atoms with van der Waals surface area (Å²) in [6, 6.07) is 10.1. The fraction of sp³-hybridized carbons (Fsp3) is 0.364. The third-order valence-electron chi connectivity index (χ3n) is 2.55. The molecule has 0 bridgehead atoms. The molecular formula is C11H12N2. The van der Waals surface area contributed by atoms with Crippen LogP contribution >= 0.6 is 0 Å². The van der Waals surface area contributed by atoms with E-state index in [1.807, 2.05) is 18.2 Å². The molecule has 0 radical (unpaired) electrons. The SMILES string of the molecule is N#Cc1cccc(C2CCNC2)c1. The van der Waals surface area contributed by atoms with Crippen LogP contribution in [0.1, 0.15) is 23.5 Å². The maximum absolute atomic E-state index is 8.74. The second kappa shape index (κ2) is 3.59. The largest absolute Gasteiger partial charge is 0.316 e. The number of nitrogens with one attached hydrogen (secondary N) is 1. The van der Waals surface area contributed by atoms with Gasteiger partial charge >= 0.3 is 0 Å². The van der Waals surface area contributed by atoms with Gasteiger partial charge in [-0.05, 0) is 36.6 Å². The van der Waals surface area contributed by atoms with E-state index in [0.717, 1.165) is 18.7 Å². The molecule has 0 aromatic heterocycles. The number of hydrogen-bond donors (Lipinski definition) is 1. The first-order chi connectivity index (χ1) is 6.40. The van der Waals surface area contributed by atoms with Crippen molar-refractivity contribution in [1.29, 1.82) is 5.26 Å². The highest BCUT2D eigenvalue weighted by Crippen LogP contribution is 2.22. The van der Waals surface area contributed by atoms with Crippen LogP contribution in [0.2, 0.25) is 0 Å². The molecule has 13 heavy (non-hydrogen) atoms. The van der Waals surface area contributed by atoms with Gasteiger partial charge in [-0.3, -0.25) is 0 Å². The maximum atomic E-state index is 8.74. The standard InChI is InChI=1S/C11H12N2/c12-7-9-2-1-3-10(6-9)11-4-5-13-8-11/h1-3,6,11,13H,4-5,8H2. The first kappa shape index (κ1) is 8.28. The Morgan fingerprint density at radius 2 is 2.38 bits per heavy atom. The molecule has 1 aromatic carbocycles. The number of nitriles is 1. The minimum atomic E-state index is 0.605. The molecule has 1 atom stereocenters. The first-order valence-electron chi connectivity index (χ1n) is 4.61. The zero-order valence-electron chi connectivity index (χ0n) is 7.46. The van der Waals surface area contributed by atoms with Gasteiger partial charge in [-0.15, -0.1) is 0 Å². The molecule has 0 saturated carbocycles. The van der Waals surface area contributed by atoms with Gasteiger partial charge < -0.3 is 5.32 Å². The summed E-state index contributed by atoms with van der Waals surface area (Å²) in [7, 11) is 0. The molecule has 66 valence electrons. The Morgan fingerprint density at radius 1 is 1.46 bits per heavy atom. The molecule has 1 aliphatic heterocycles. The first-order valence-corrected chi connectivity index (χ1v) is 4.61. The van der Waals surface area contributed by atoms with E-state index >= 15 is 0 Å². The number of rotatable bonds is 1. The summed E-state index contributed by atoms with van der Waals surface area (Å²) in [5.41, 5.74) is 2.06. The van der Waals surface area contributed by atoms with Gasteiger partial charge in [0, 0.05) is 6.54 Å². The topological polar surface area (TPSA) is 35.8 Å². The quantitative estimate of drug-likeness (QED) is 0.699. The van der Waals surface area contributed by atoms with E-state index < -0.39 is 0 Å². The van der Waals surface area contributed by atoms with Gasteiger partial charge in [-0.1, -0.05) is 12.1 Å². The average molecular weight is 172 g/mol. The Kier molecular flexibility index (Phi) is 2.29. The number of hydrogen-bond acceptors (Lipinski definition) is 2. The highest BCUT2D eigenvalue weighted by atomic mass is 14.9. The van der Waals surface area contributed by atoms with Crippen molar-refractivity contribution in [1.82, 2.24) is 5.32 Å². The molecule has 1 unspecified atom stereocenters. The van der Waals surface area contributed by atoms with Crippen LogP contribution in [0.25, 0.3) is 0 Å². The second-order valence-corrected chi connectivity index (χ2v) is 3.43. The second-order valence-electron chi connectivity index (χ2n) is 3.43. The smallest absolute Gasteiger partial charge is 0.0991 e. The zero-order valence-corrected chi connectivity index (χ0v) is 7.46. The number of benzene rings is 1. The molecule has 1 heterocycles. The van der Waals surface area contributed by atoms with Crippen LogP contribution in [0, 0.1) is 11.3 Å². The Hall–Kier alpha value is -1.33. The van der Waals surface area contributed by atoms with Gasteiger partial charge in [0.2, 0.25) is 0 Å². The van der Waals surface area contributed by atoms with Gasteiger partial charge in [-0.2, -0.15) is 5.26 Å². The Morgan fingerprint density at radius 3 is 3.08 bits per heavy atom. The van der Waals surface area contributed by atoms with E-state index in [2.05, 4.69) is 17.5 Å². The van der Waals surface area contributed by atoms with E-state index in [0.29, 0.717) is 5.92 Å². The normalized spacial score (nSPS) is 21.3. The van der Waals surface area contributed by atoms with Crippen LogP contribution in [0.4, 0.5) is 0 Å². The predicted molar refractivity (Wildman–Crippen MR) is 51.4 cm³/mol. The minimum absolute atomic E-state index is 0.605. The Balaban J connectivity index is 2.25. The fourth-order valence-electron chi connectivity index (χ4n) is 1.80. The zero-order chi connectivity index (χ0) is 9.10. The summed E-state index contributed by atoms with van der Waals surface area (Å²) in [6.07, 6.45) is 1.19. The lowest BCUT2D eigenvalue weighted by Gasteiger charge is -2.07. The van der Waals surface area contributed by atoms with Crippen molar-refractivity contribution in [2.75, 3.05) is 13.1 Å². The molecule has 1 aliphatic rings. The summed E-state index contributed by atoms with van der Waals surface area (Å²) in [4.78, 5) is 0. The monoisotopic (exact) mass is 172 g/mol. The van der Waals surface area contributed by atoms with Gasteiger partial charge in [-0.25, -0.2) is 0 Å². The van der Waals surface area contributed by atoms with E-state index in [-0.39, 0.29) is 0 Å². The molecule has 0 aliphatic carbocycles. The fourth-order valence-corrected chi connectivity index (χ4v) is 1.80. The van der Waals surface area contributed by atoms with Gasteiger partial charge in [0.05, 0.1) is 11.6 Å². The molecular weight excluding hydrogens is 160 g/mol. The summed E-state index contributed by atoms with van der Waals surface area (Å²) < 4.78 is 0. The van der Waals surface area contributed by atoms with Crippen molar-refractivity contribution in [2.45, 2.75) is 12.3 Å². The molecule has 0 spiro atoms. The van der Waals surface area contributed by atoms with Crippen LogP contribution in [0.3, 0.4) is 0 Å². The van der Waals surface area contributed by atoms with E-state index in [4.69, 9.17) is 5.26 Å². The highest BCUT2D eigenvalue weighted by molar-refractivity contribution is 5.34. The van der Waals surface area contributed by atoms with Crippen LogP contribution in [0.15, 0.2) is 24.3 Å². The molecule has 1 aromatic rings. The predicted octanol–water partition coefficient (Wildman–Crippen LogP) is 1.64. The van der Waals surface area contributed by atoms with E-state index in [1.165, 1.54) is 12.0 Å². The lowest BCUT2D eigenvalue weighted by molar-refractivity contribution is 0.763. The average Bonchev–Trinajstić information content (AvgIpc) is 2.71. The molecule has 1 saturated heterocycles. The summed E-state index contributed by atoms with van der Waals surface area (Å²) in [5.74, 6) is 0.605. The number of nitrogens with zero attached hydrogens (tertiary/aromatic N) is 1. The molecule has 1 fully saturated rings. The summed E-state index contributed by atoms with van der Waals surface area (Å²) >= 11 is 0. The van der Waals surface area contributed by atoms with Crippen LogP contribution < -0.4 is 5.32 Å². The van der Waals surface area contributed by atoms with Crippen molar-refractivity contribution in [2.24, 2.45) is 0 Å². The minimum Gasteiger partial charge on any atom is -0.316 e. The van der Waals surface area contributed by atoms with Gasteiger partial charge in [0.25, 0.3) is 0 Å². The lowest BCUT2D eigenvalue weighted by Crippen LogP contribution is -2.07. The molecule has 2 nitrogen and oxygen atoms in total. The van der Waals surface area contributed by atoms with Gasteiger partial charge in [0.15, 0.2) is 0 Å². The van der Waals surface area contributed by atoms with Crippen molar-refractivity contribution < 1.29 is 0 Å². The van der Waals surface area contributed by atoms with Crippen LogP contribution in [-0.4, -0.2) is 13.1 Å². The van der Waals surface area contributed by atoms with Crippen molar-refractivity contribution in [3.63, 3.8) is 0 Å². The highest BCUT2D eigenvalue weighted by Gasteiger charge is 2.16. The molecule has 2 rings (SSSR count). The Labute approximate surface area is 78.2 Å². The Bertz CT molecular complexity index is 332. The van der Waals surface area contributed by atoms with Crippen LogP contribution in [-0.2, 0) is 0 Å². The third-order valence-corrected chi connectivity index (χ3v) is 2.55. The third kappa shape index (κ3) is 1.71. The van der Waals surface area contributed by atoms with E-state index in [9.17, 15) is 0 Å². The summed E-state index contributed by atoms with van der Waals surface area (Å²) in [6.45, 7) is 2.15. The van der Waals surface area contributed by atoms with Crippen LogP contribution in [0.5, 0.6) is 0 Å². The molecule has 1 N–H and O–H groups in total. The van der Waals surface area contributed by atoms with Gasteiger partial charge in [0.1, 0.15) is 0 Å². The summed E-state index contributed by atoms with van der Waals surface area (Å²) in [5, 5.41) is 12.1. The lowest BCUT2D eigenvalue weighted by atomic mass is 9.97. The van der Waals surface area contributed by atoms with E-state index in [1.54, 1.807) is 0 Å². The van der Waals surface area contributed by atoms with Crippen molar-refractivity contribution in [3.8, 4) is 6.07 Å².